The van der Waals surface area contributed by atoms with Crippen LogP contribution >= 0.6 is 0 Å². The van der Waals surface area contributed by atoms with E-state index >= 15 is 0 Å². The van der Waals surface area contributed by atoms with Crippen molar-refractivity contribution in [2.24, 2.45) is 0 Å². The van der Waals surface area contributed by atoms with Crippen LogP contribution in [0.4, 0.5) is 4.79 Å². The summed E-state index contributed by atoms with van der Waals surface area (Å²) in [5, 5.41) is 0. The number of amides is 1. The minimum atomic E-state index is -0.319. The van der Waals surface area contributed by atoms with Crippen LogP contribution in [0.5, 0.6) is 11.5 Å². The average molecular weight is 607 g/mol. The molecule has 0 atom stereocenters. The minimum Gasteiger partial charge on any atom is -1.00 e. The van der Waals surface area contributed by atoms with Gasteiger partial charge in [-0.2, -0.15) is 0 Å². The quantitative estimate of drug-likeness (QED) is 0.405. The van der Waals surface area contributed by atoms with Crippen molar-refractivity contribution in [3.8, 4) is 22.6 Å². The molecule has 2 rings (SSSR count). The number of aryl methyl sites for hydroxylation is 2. The fraction of sp³-hybridized carbons (Fsp3) is 0.552. The second-order valence-corrected chi connectivity index (χ2v) is 11.6. The fourth-order valence-corrected chi connectivity index (χ4v) is 4.68. The van der Waals surface area contributed by atoms with Crippen LogP contribution in [0.2, 0.25) is 0 Å². The van der Waals surface area contributed by atoms with E-state index in [9.17, 15) is 4.79 Å². The number of hydrogen-bond donors (Lipinski definition) is 0. The van der Waals surface area contributed by atoms with E-state index in [1.165, 1.54) is 11.1 Å². The van der Waals surface area contributed by atoms with Crippen molar-refractivity contribution in [2.45, 2.75) is 93.9 Å². The Balaban J connectivity index is 0. The molecule has 0 aliphatic heterocycles. The Kier molecular flexibility index (Phi) is 15.0. The van der Waals surface area contributed by atoms with Crippen molar-refractivity contribution < 1.29 is 70.9 Å². The van der Waals surface area contributed by atoms with Gasteiger partial charge in [0.25, 0.3) is 0 Å². The molecule has 206 valence electrons. The third-order valence-electron chi connectivity index (χ3n) is 6.78. The first-order valence-corrected chi connectivity index (χ1v) is 12.8. The van der Waals surface area contributed by atoms with E-state index in [1.54, 1.807) is 25.7 Å². The first-order chi connectivity index (χ1) is 15.6. The molecule has 0 radical (unpaired) electrons. The molecular formula is C29H42Cl3NO3Ti. The molecule has 1 amide bonds. The monoisotopic (exact) mass is 605 g/mol. The van der Waals surface area contributed by atoms with E-state index < -0.39 is 0 Å². The van der Waals surface area contributed by atoms with Crippen molar-refractivity contribution in [2.75, 3.05) is 13.1 Å². The third-order valence-corrected chi connectivity index (χ3v) is 7.10. The molecule has 2 aromatic rings. The summed E-state index contributed by atoms with van der Waals surface area (Å²) >= 11 is 1.74. The fourth-order valence-electron chi connectivity index (χ4n) is 4.35. The molecule has 4 nitrogen and oxygen atoms in total. The molecule has 0 heterocycles. The van der Waals surface area contributed by atoms with Crippen LogP contribution < -0.4 is 45.3 Å². The number of carbonyl (C=O) groups is 1. The van der Waals surface area contributed by atoms with E-state index in [0.29, 0.717) is 18.8 Å². The number of nitrogens with zero attached hydrogens (tertiary/aromatic N) is 1. The number of carbonyl (C=O) groups excluding carboxylic acids is 1. The Labute approximate surface area is 255 Å². The Bertz CT molecular complexity index is 1090. The van der Waals surface area contributed by atoms with E-state index in [2.05, 4.69) is 81.4 Å². The molecule has 0 saturated heterocycles. The second kappa shape index (κ2) is 14.5. The van der Waals surface area contributed by atoms with Crippen LogP contribution in [-0.2, 0) is 31.7 Å². The number of halogens is 3. The topological polar surface area (TPSA) is 38.8 Å². The van der Waals surface area contributed by atoms with Gasteiger partial charge in [-0.3, -0.25) is 0 Å². The number of rotatable bonds is 5. The summed E-state index contributed by atoms with van der Waals surface area (Å²) < 4.78 is 12.4. The zero-order chi connectivity index (χ0) is 26.2. The van der Waals surface area contributed by atoms with Gasteiger partial charge in [-0.05, 0) is 0 Å². The summed E-state index contributed by atoms with van der Waals surface area (Å²) in [5.74, 6) is 1.49. The van der Waals surface area contributed by atoms with Crippen molar-refractivity contribution in [1.82, 2.24) is 4.90 Å². The molecule has 0 aromatic heterocycles. The predicted molar refractivity (Wildman–Crippen MR) is 138 cm³/mol. The van der Waals surface area contributed by atoms with Crippen LogP contribution in [0.25, 0.3) is 11.1 Å². The van der Waals surface area contributed by atoms with Gasteiger partial charge in [-0.15, -0.1) is 0 Å². The molecular weight excluding hydrogens is 565 g/mol. The van der Waals surface area contributed by atoms with E-state index in [0.717, 1.165) is 39.1 Å². The van der Waals surface area contributed by atoms with E-state index in [1.807, 2.05) is 13.8 Å². The van der Waals surface area contributed by atoms with Gasteiger partial charge < -0.3 is 37.2 Å². The third kappa shape index (κ3) is 8.05. The van der Waals surface area contributed by atoms with Gasteiger partial charge in [-0.25, -0.2) is 0 Å². The van der Waals surface area contributed by atoms with Crippen LogP contribution in [0.15, 0.2) is 12.1 Å². The summed E-state index contributed by atoms with van der Waals surface area (Å²) in [5.41, 5.74) is 8.41. The van der Waals surface area contributed by atoms with Gasteiger partial charge in [-0.1, -0.05) is 0 Å². The standard InChI is InChI=1S/C29H43NO3.3ClH.Ti/c1-13-30(14-2)27(32)33-26-22(29(10,11)12)16-18(4)20(6)24(26)23-19(5)17(3)15-21(25(23)31)28(7,8)9;;;;/h15-16,31H,13-14H2,1-12H3;3*1H;/q;;;;+4/p-4. The van der Waals surface area contributed by atoms with Crippen molar-refractivity contribution in [3.63, 3.8) is 0 Å². The summed E-state index contributed by atoms with van der Waals surface area (Å²) in [6.07, 6.45) is -0.319. The Morgan fingerprint density at radius 3 is 1.43 bits per heavy atom. The summed E-state index contributed by atoms with van der Waals surface area (Å²) in [4.78, 5) is 15.0. The average Bonchev–Trinajstić information content (AvgIpc) is 2.72. The van der Waals surface area contributed by atoms with E-state index in [-0.39, 0.29) is 54.1 Å². The van der Waals surface area contributed by atoms with Gasteiger partial charge in [0.15, 0.2) is 0 Å². The Hall–Kier alpha value is -0.906. The number of hydrogen-bond acceptors (Lipinski definition) is 3. The van der Waals surface area contributed by atoms with Crippen LogP contribution in [-0.4, -0.2) is 24.1 Å². The molecule has 0 aliphatic carbocycles. The maximum Gasteiger partial charge on any atom is -1.00 e. The van der Waals surface area contributed by atoms with Crippen molar-refractivity contribution in [3.05, 3.63) is 45.5 Å². The van der Waals surface area contributed by atoms with Crippen molar-refractivity contribution in [1.29, 1.82) is 0 Å². The smallest absolute Gasteiger partial charge is 1.00 e. The molecule has 0 bridgehead atoms. The largest absolute Gasteiger partial charge is 1.00 e. The van der Waals surface area contributed by atoms with Crippen LogP contribution in [0.1, 0.15) is 88.8 Å². The molecule has 2 aromatic carbocycles. The van der Waals surface area contributed by atoms with Gasteiger partial charge >= 0.3 is 220 Å². The first-order valence-electron chi connectivity index (χ1n) is 12.2. The maximum atomic E-state index is 13.2. The zero-order valence-electron chi connectivity index (χ0n) is 24.4. The molecule has 0 aliphatic rings. The Morgan fingerprint density at radius 1 is 0.757 bits per heavy atom. The molecule has 0 saturated carbocycles. The van der Waals surface area contributed by atoms with Gasteiger partial charge in [0.1, 0.15) is 0 Å². The van der Waals surface area contributed by atoms with Crippen molar-refractivity contribution >= 4 is 6.09 Å². The van der Waals surface area contributed by atoms with Gasteiger partial charge in [0.2, 0.25) is 0 Å². The Morgan fingerprint density at radius 2 is 1.11 bits per heavy atom. The SMILES string of the molecule is CCN(CC)C(=O)Oc1c(C(C)(C)C)cc(C)c(C)c1-c1c(C)c(C)cc(C(C)(C)C)c1[O][Ti+3].[Cl-].[Cl-].[Cl-]. The zero-order valence-corrected chi connectivity index (χ0v) is 28.2. The molecule has 37 heavy (non-hydrogen) atoms. The minimum absolute atomic E-state index is 0. The second-order valence-electron chi connectivity index (χ2n) is 11.3. The number of benzene rings is 2. The van der Waals surface area contributed by atoms with Crippen LogP contribution in [0, 0.1) is 27.7 Å². The summed E-state index contributed by atoms with van der Waals surface area (Å²) in [7, 11) is 0. The normalized spacial score (nSPS) is 11.1. The molecule has 0 fully saturated rings. The van der Waals surface area contributed by atoms with Gasteiger partial charge in [0, 0.05) is 0 Å². The molecule has 0 unspecified atom stereocenters. The van der Waals surface area contributed by atoms with Crippen LogP contribution in [0.3, 0.4) is 0 Å². The first kappa shape index (κ1) is 38.2. The predicted octanol–water partition coefficient (Wildman–Crippen LogP) is -1.12. The molecule has 8 heteroatoms. The van der Waals surface area contributed by atoms with Gasteiger partial charge in [0.05, 0.1) is 0 Å². The number of ether oxygens (including phenoxy) is 1. The summed E-state index contributed by atoms with van der Waals surface area (Å²) in [6.45, 7) is 26.8. The summed E-state index contributed by atoms with van der Waals surface area (Å²) in [6, 6.07) is 4.40. The molecule has 0 spiro atoms. The maximum absolute atomic E-state index is 13.2. The van der Waals surface area contributed by atoms with E-state index in [4.69, 9.17) is 8.06 Å². The molecule has 0 N–H and O–H groups in total.